The first kappa shape index (κ1) is 12.7. The summed E-state index contributed by atoms with van der Waals surface area (Å²) in [6.45, 7) is 2.50. The Balaban J connectivity index is 2.43. The van der Waals surface area contributed by atoms with E-state index in [9.17, 15) is 4.79 Å². The Morgan fingerprint density at radius 1 is 1.61 bits per heavy atom. The average molecular weight is 269 g/mol. The molecule has 0 atom stereocenters. The summed E-state index contributed by atoms with van der Waals surface area (Å²) in [5, 5.41) is 12.7. The van der Waals surface area contributed by atoms with Crippen LogP contribution in [0.4, 0.5) is 10.5 Å². The van der Waals surface area contributed by atoms with Crippen molar-refractivity contribution < 1.29 is 14.7 Å². The fourth-order valence-corrected chi connectivity index (χ4v) is 2.11. The van der Waals surface area contributed by atoms with E-state index >= 15 is 0 Å². The number of nitrogens with zero attached hydrogens (tertiary/aromatic N) is 2. The lowest BCUT2D eigenvalue weighted by molar-refractivity contribution is 0.159. The molecule has 1 aromatic carbocycles. The van der Waals surface area contributed by atoms with Gasteiger partial charge >= 0.3 is 6.09 Å². The van der Waals surface area contributed by atoms with Crippen molar-refractivity contribution in [1.29, 1.82) is 0 Å². The van der Waals surface area contributed by atoms with Gasteiger partial charge in [0.1, 0.15) is 0 Å². The van der Waals surface area contributed by atoms with Gasteiger partial charge in [-0.05, 0) is 25.1 Å². The van der Waals surface area contributed by atoms with Gasteiger partial charge in [-0.1, -0.05) is 16.8 Å². The van der Waals surface area contributed by atoms with Crippen molar-refractivity contribution in [3.05, 3.63) is 28.8 Å². The minimum atomic E-state index is -0.405. The third kappa shape index (κ3) is 2.26. The van der Waals surface area contributed by atoms with Crippen molar-refractivity contribution in [3.63, 3.8) is 0 Å². The predicted molar refractivity (Wildman–Crippen MR) is 68.8 cm³/mol. The standard InChI is InChI=1S/C12H13ClN2O3/c1-2-18-12(16)15-6-5-10(14-17)9-7-8(13)3-4-11(9)15/h3-4,7,17H,2,5-6H2,1H3/b14-10-. The normalized spacial score (nSPS) is 16.6. The van der Waals surface area contributed by atoms with E-state index in [4.69, 9.17) is 21.5 Å². The predicted octanol–water partition coefficient (Wildman–Crippen LogP) is 2.88. The second-order valence-electron chi connectivity index (χ2n) is 3.81. The van der Waals surface area contributed by atoms with Crippen LogP contribution in [0.2, 0.25) is 5.02 Å². The van der Waals surface area contributed by atoms with E-state index in [1.165, 1.54) is 4.90 Å². The molecular formula is C12H13ClN2O3. The second-order valence-corrected chi connectivity index (χ2v) is 4.25. The van der Waals surface area contributed by atoms with E-state index in [0.717, 1.165) is 0 Å². The lowest BCUT2D eigenvalue weighted by Gasteiger charge is -2.28. The number of carbonyl (C=O) groups excluding carboxylic acids is 1. The van der Waals surface area contributed by atoms with E-state index in [1.807, 2.05) is 0 Å². The molecule has 1 amide bonds. The van der Waals surface area contributed by atoms with E-state index in [2.05, 4.69) is 5.16 Å². The minimum absolute atomic E-state index is 0.319. The molecule has 0 aromatic heterocycles. The minimum Gasteiger partial charge on any atom is -0.449 e. The Hall–Kier alpha value is -1.75. The zero-order chi connectivity index (χ0) is 13.1. The second kappa shape index (κ2) is 5.27. The van der Waals surface area contributed by atoms with Crippen molar-refractivity contribution in [2.24, 2.45) is 5.16 Å². The highest BCUT2D eigenvalue weighted by atomic mass is 35.5. The number of rotatable bonds is 1. The first-order valence-electron chi connectivity index (χ1n) is 5.62. The van der Waals surface area contributed by atoms with Gasteiger partial charge in [-0.25, -0.2) is 4.79 Å². The summed E-state index contributed by atoms with van der Waals surface area (Å²) in [5.41, 5.74) is 1.83. The van der Waals surface area contributed by atoms with Crippen LogP contribution in [-0.2, 0) is 4.74 Å². The van der Waals surface area contributed by atoms with Crippen LogP contribution in [0.3, 0.4) is 0 Å². The number of hydrogen-bond acceptors (Lipinski definition) is 4. The van der Waals surface area contributed by atoms with Gasteiger partial charge in [0.15, 0.2) is 0 Å². The number of hydrogen-bond donors (Lipinski definition) is 1. The van der Waals surface area contributed by atoms with Crippen molar-refractivity contribution in [2.75, 3.05) is 18.1 Å². The zero-order valence-electron chi connectivity index (χ0n) is 9.89. The van der Waals surface area contributed by atoms with Gasteiger partial charge in [0.2, 0.25) is 0 Å². The summed E-state index contributed by atoms with van der Waals surface area (Å²) in [6, 6.07) is 5.09. The van der Waals surface area contributed by atoms with E-state index in [0.29, 0.717) is 41.6 Å². The maximum atomic E-state index is 11.8. The van der Waals surface area contributed by atoms with Gasteiger partial charge < -0.3 is 9.94 Å². The molecule has 1 aliphatic heterocycles. The van der Waals surface area contributed by atoms with Crippen LogP contribution in [0.1, 0.15) is 18.9 Å². The van der Waals surface area contributed by atoms with Crippen molar-refractivity contribution in [2.45, 2.75) is 13.3 Å². The van der Waals surface area contributed by atoms with Gasteiger partial charge in [-0.3, -0.25) is 4.90 Å². The molecule has 0 radical (unpaired) electrons. The molecule has 6 heteroatoms. The highest BCUT2D eigenvalue weighted by molar-refractivity contribution is 6.31. The number of fused-ring (bicyclic) bond motifs is 1. The SMILES string of the molecule is CCOC(=O)N1CC/C(=N/O)c2cc(Cl)ccc21. The average Bonchev–Trinajstić information content (AvgIpc) is 2.37. The van der Waals surface area contributed by atoms with Gasteiger partial charge in [0.05, 0.1) is 18.0 Å². The number of benzene rings is 1. The summed E-state index contributed by atoms with van der Waals surface area (Å²) in [6.07, 6.45) is 0.0564. The van der Waals surface area contributed by atoms with Crippen LogP contribution < -0.4 is 4.90 Å². The molecular weight excluding hydrogens is 256 g/mol. The Kier molecular flexibility index (Phi) is 3.72. The molecule has 2 rings (SSSR count). The first-order valence-corrected chi connectivity index (χ1v) is 6.00. The number of oxime groups is 1. The van der Waals surface area contributed by atoms with Gasteiger partial charge in [0, 0.05) is 23.6 Å². The molecule has 0 bridgehead atoms. The molecule has 1 aliphatic rings. The molecule has 0 saturated carbocycles. The summed E-state index contributed by atoms with van der Waals surface area (Å²) in [7, 11) is 0. The van der Waals surface area contributed by atoms with Crippen LogP contribution in [0.15, 0.2) is 23.4 Å². The van der Waals surface area contributed by atoms with Crippen LogP contribution in [-0.4, -0.2) is 30.2 Å². The molecule has 0 saturated heterocycles. The molecule has 0 spiro atoms. The Bertz CT molecular complexity index is 502. The highest BCUT2D eigenvalue weighted by Crippen LogP contribution is 2.30. The van der Waals surface area contributed by atoms with Gasteiger partial charge in [-0.2, -0.15) is 0 Å². The Morgan fingerprint density at radius 2 is 2.39 bits per heavy atom. The summed E-state index contributed by atoms with van der Waals surface area (Å²) >= 11 is 5.92. The lowest BCUT2D eigenvalue weighted by Crippen LogP contribution is -2.38. The molecule has 96 valence electrons. The van der Waals surface area contributed by atoms with Gasteiger partial charge in [-0.15, -0.1) is 0 Å². The molecule has 18 heavy (non-hydrogen) atoms. The van der Waals surface area contributed by atoms with E-state index < -0.39 is 6.09 Å². The largest absolute Gasteiger partial charge is 0.449 e. The maximum Gasteiger partial charge on any atom is 0.414 e. The third-order valence-electron chi connectivity index (χ3n) is 2.74. The first-order chi connectivity index (χ1) is 8.67. The van der Waals surface area contributed by atoms with Crippen LogP contribution in [0.25, 0.3) is 0 Å². The quantitative estimate of drug-likeness (QED) is 0.629. The smallest absolute Gasteiger partial charge is 0.414 e. The monoisotopic (exact) mass is 268 g/mol. The molecule has 0 aliphatic carbocycles. The molecule has 1 heterocycles. The number of amides is 1. The van der Waals surface area contributed by atoms with Crippen LogP contribution in [0, 0.1) is 0 Å². The van der Waals surface area contributed by atoms with Crippen LogP contribution >= 0.6 is 11.6 Å². The maximum absolute atomic E-state index is 11.8. The van der Waals surface area contributed by atoms with Crippen molar-refractivity contribution >= 4 is 29.1 Å². The van der Waals surface area contributed by atoms with E-state index in [-0.39, 0.29) is 0 Å². The molecule has 1 aromatic rings. The fourth-order valence-electron chi connectivity index (χ4n) is 1.94. The summed E-state index contributed by atoms with van der Waals surface area (Å²) in [5.74, 6) is 0. The summed E-state index contributed by atoms with van der Waals surface area (Å²) < 4.78 is 4.99. The molecule has 0 fully saturated rings. The Labute approximate surface area is 110 Å². The number of halogens is 1. The number of carbonyl (C=O) groups is 1. The zero-order valence-corrected chi connectivity index (χ0v) is 10.6. The fraction of sp³-hybridized carbons (Fsp3) is 0.333. The Morgan fingerprint density at radius 3 is 3.06 bits per heavy atom. The van der Waals surface area contributed by atoms with Crippen molar-refractivity contribution in [3.8, 4) is 0 Å². The third-order valence-corrected chi connectivity index (χ3v) is 2.98. The van der Waals surface area contributed by atoms with Crippen LogP contribution in [0.5, 0.6) is 0 Å². The summed E-state index contributed by atoms with van der Waals surface area (Å²) in [4.78, 5) is 13.3. The molecule has 1 N–H and O–H groups in total. The lowest BCUT2D eigenvalue weighted by atomic mass is 10.00. The van der Waals surface area contributed by atoms with E-state index in [1.54, 1.807) is 25.1 Å². The molecule has 0 unspecified atom stereocenters. The molecule has 5 nitrogen and oxygen atoms in total. The number of ether oxygens (including phenoxy) is 1. The topological polar surface area (TPSA) is 62.1 Å². The van der Waals surface area contributed by atoms with Crippen molar-refractivity contribution in [1.82, 2.24) is 0 Å². The highest BCUT2D eigenvalue weighted by Gasteiger charge is 2.27. The number of anilines is 1. The van der Waals surface area contributed by atoms with Gasteiger partial charge in [0.25, 0.3) is 0 Å².